The second-order valence-electron chi connectivity index (χ2n) is 4.03. The summed E-state index contributed by atoms with van der Waals surface area (Å²) >= 11 is 1.51. The number of thiophene rings is 1. The van der Waals surface area contributed by atoms with Crippen molar-refractivity contribution in [2.24, 2.45) is 0 Å². The minimum absolute atomic E-state index is 0.143. The third kappa shape index (κ3) is 1.89. The van der Waals surface area contributed by atoms with Gasteiger partial charge in [0.1, 0.15) is 0 Å². The lowest BCUT2D eigenvalue weighted by atomic mass is 10.0. The SMILES string of the molecule is O=C(O)c1nc(-c2cccs2)nc2c1CCNC2. The van der Waals surface area contributed by atoms with Gasteiger partial charge in [0.2, 0.25) is 0 Å². The maximum Gasteiger partial charge on any atom is 0.354 e. The molecule has 2 N–H and O–H groups in total. The Kier molecular flexibility index (Phi) is 2.81. The van der Waals surface area contributed by atoms with Gasteiger partial charge in [0.25, 0.3) is 0 Å². The summed E-state index contributed by atoms with van der Waals surface area (Å²) in [5.74, 6) is -0.474. The zero-order chi connectivity index (χ0) is 12.5. The van der Waals surface area contributed by atoms with Crippen LogP contribution in [0.25, 0.3) is 10.7 Å². The molecular formula is C12H11N3O2S. The number of carbonyl (C=O) groups is 1. The van der Waals surface area contributed by atoms with Crippen molar-refractivity contribution in [2.75, 3.05) is 6.54 Å². The van der Waals surface area contributed by atoms with Gasteiger partial charge in [-0.05, 0) is 24.4 Å². The first-order valence-electron chi connectivity index (χ1n) is 5.63. The van der Waals surface area contributed by atoms with Crippen LogP contribution in [0.1, 0.15) is 21.7 Å². The quantitative estimate of drug-likeness (QED) is 0.858. The largest absolute Gasteiger partial charge is 0.476 e. The third-order valence-electron chi connectivity index (χ3n) is 2.88. The van der Waals surface area contributed by atoms with E-state index in [1.54, 1.807) is 0 Å². The molecule has 0 atom stereocenters. The second kappa shape index (κ2) is 4.47. The fourth-order valence-electron chi connectivity index (χ4n) is 2.05. The normalized spacial score (nSPS) is 14.2. The fourth-order valence-corrected chi connectivity index (χ4v) is 2.71. The number of fused-ring (bicyclic) bond motifs is 1. The van der Waals surface area contributed by atoms with Crippen molar-refractivity contribution in [1.82, 2.24) is 15.3 Å². The molecule has 92 valence electrons. The van der Waals surface area contributed by atoms with E-state index in [0.717, 1.165) is 22.7 Å². The summed E-state index contributed by atoms with van der Waals surface area (Å²) in [6.07, 6.45) is 0.668. The van der Waals surface area contributed by atoms with Crippen LogP contribution in [0.15, 0.2) is 17.5 Å². The fraction of sp³-hybridized carbons (Fsp3) is 0.250. The molecule has 0 saturated heterocycles. The molecule has 5 nitrogen and oxygen atoms in total. The minimum atomic E-state index is -0.978. The average Bonchev–Trinajstić information content (AvgIpc) is 2.91. The Morgan fingerprint density at radius 1 is 1.44 bits per heavy atom. The summed E-state index contributed by atoms with van der Waals surface area (Å²) in [5, 5.41) is 14.4. The average molecular weight is 261 g/mol. The van der Waals surface area contributed by atoms with Gasteiger partial charge in [0.15, 0.2) is 11.5 Å². The van der Waals surface area contributed by atoms with Crippen molar-refractivity contribution in [3.8, 4) is 10.7 Å². The molecule has 2 aromatic rings. The van der Waals surface area contributed by atoms with Gasteiger partial charge in [-0.3, -0.25) is 0 Å². The third-order valence-corrected chi connectivity index (χ3v) is 3.75. The standard InChI is InChI=1S/C12H11N3O2S/c16-12(17)10-7-3-4-13-6-8(7)14-11(15-10)9-2-1-5-18-9/h1-2,5,13H,3-4,6H2,(H,16,17). The summed E-state index contributed by atoms with van der Waals surface area (Å²) < 4.78 is 0. The van der Waals surface area contributed by atoms with E-state index < -0.39 is 5.97 Å². The molecule has 0 amide bonds. The van der Waals surface area contributed by atoms with Crippen molar-refractivity contribution in [1.29, 1.82) is 0 Å². The topological polar surface area (TPSA) is 75.1 Å². The molecule has 0 unspecified atom stereocenters. The van der Waals surface area contributed by atoms with Crippen molar-refractivity contribution in [3.63, 3.8) is 0 Å². The van der Waals surface area contributed by atoms with E-state index in [0.29, 0.717) is 18.8 Å². The number of nitrogens with one attached hydrogen (secondary N) is 1. The lowest BCUT2D eigenvalue weighted by Gasteiger charge is -2.18. The van der Waals surface area contributed by atoms with Crippen molar-refractivity contribution >= 4 is 17.3 Å². The van der Waals surface area contributed by atoms with Gasteiger partial charge in [-0.1, -0.05) is 6.07 Å². The first-order valence-corrected chi connectivity index (χ1v) is 6.51. The molecule has 0 fully saturated rings. The molecule has 3 rings (SSSR count). The van der Waals surface area contributed by atoms with E-state index in [1.165, 1.54) is 11.3 Å². The molecule has 0 aliphatic carbocycles. The van der Waals surface area contributed by atoms with Crippen LogP contribution in [-0.4, -0.2) is 27.6 Å². The second-order valence-corrected chi connectivity index (χ2v) is 4.98. The predicted molar refractivity (Wildman–Crippen MR) is 67.7 cm³/mol. The van der Waals surface area contributed by atoms with Crippen LogP contribution >= 0.6 is 11.3 Å². The Hall–Kier alpha value is -1.79. The highest BCUT2D eigenvalue weighted by Crippen LogP contribution is 2.24. The molecule has 1 aliphatic heterocycles. The molecule has 1 aliphatic rings. The van der Waals surface area contributed by atoms with Crippen LogP contribution in [0, 0.1) is 0 Å². The van der Waals surface area contributed by atoms with E-state index in [2.05, 4.69) is 15.3 Å². The summed E-state index contributed by atoms with van der Waals surface area (Å²) in [5.41, 5.74) is 1.71. The number of carboxylic acid groups (broad SMARTS) is 1. The monoisotopic (exact) mass is 261 g/mol. The Morgan fingerprint density at radius 3 is 3.06 bits per heavy atom. The molecule has 0 spiro atoms. The Balaban J connectivity index is 2.18. The molecular weight excluding hydrogens is 250 g/mol. The van der Waals surface area contributed by atoms with Crippen LogP contribution in [0.3, 0.4) is 0 Å². The minimum Gasteiger partial charge on any atom is -0.476 e. The molecule has 0 radical (unpaired) electrons. The molecule has 18 heavy (non-hydrogen) atoms. The Labute approximate surface area is 108 Å². The van der Waals surface area contributed by atoms with Crippen LogP contribution in [0.4, 0.5) is 0 Å². The number of hydrogen-bond donors (Lipinski definition) is 2. The van der Waals surface area contributed by atoms with E-state index in [1.807, 2.05) is 17.5 Å². The first-order chi connectivity index (χ1) is 8.75. The van der Waals surface area contributed by atoms with E-state index in [9.17, 15) is 9.90 Å². The number of aromatic carboxylic acids is 1. The van der Waals surface area contributed by atoms with Gasteiger partial charge >= 0.3 is 5.97 Å². The smallest absolute Gasteiger partial charge is 0.354 e. The highest BCUT2D eigenvalue weighted by Gasteiger charge is 2.22. The van der Waals surface area contributed by atoms with Gasteiger partial charge in [0, 0.05) is 12.1 Å². The lowest BCUT2D eigenvalue weighted by molar-refractivity contribution is 0.0688. The molecule has 6 heteroatoms. The molecule has 2 aromatic heterocycles. The van der Waals surface area contributed by atoms with Gasteiger partial charge in [-0.2, -0.15) is 0 Å². The van der Waals surface area contributed by atoms with Gasteiger partial charge in [-0.25, -0.2) is 14.8 Å². The maximum atomic E-state index is 11.3. The van der Waals surface area contributed by atoms with Crippen molar-refractivity contribution in [3.05, 3.63) is 34.5 Å². The van der Waals surface area contributed by atoms with Crippen molar-refractivity contribution in [2.45, 2.75) is 13.0 Å². The van der Waals surface area contributed by atoms with Gasteiger partial charge < -0.3 is 10.4 Å². The zero-order valence-corrected chi connectivity index (χ0v) is 10.3. The highest BCUT2D eigenvalue weighted by atomic mass is 32.1. The van der Waals surface area contributed by atoms with Crippen LogP contribution in [0.5, 0.6) is 0 Å². The Morgan fingerprint density at radius 2 is 2.33 bits per heavy atom. The molecule has 0 bridgehead atoms. The van der Waals surface area contributed by atoms with Crippen LogP contribution in [-0.2, 0) is 13.0 Å². The molecule has 3 heterocycles. The summed E-state index contributed by atoms with van der Waals surface area (Å²) in [4.78, 5) is 20.9. The number of hydrogen-bond acceptors (Lipinski definition) is 5. The molecule has 0 aromatic carbocycles. The summed E-state index contributed by atoms with van der Waals surface area (Å²) in [6.45, 7) is 1.38. The maximum absolute atomic E-state index is 11.3. The van der Waals surface area contributed by atoms with E-state index in [-0.39, 0.29) is 5.69 Å². The van der Waals surface area contributed by atoms with Gasteiger partial charge in [0.05, 0.1) is 10.6 Å². The first kappa shape index (κ1) is 11.3. The van der Waals surface area contributed by atoms with Crippen LogP contribution < -0.4 is 5.32 Å². The van der Waals surface area contributed by atoms with Crippen LogP contribution in [0.2, 0.25) is 0 Å². The van der Waals surface area contributed by atoms with Gasteiger partial charge in [-0.15, -0.1) is 11.3 Å². The number of rotatable bonds is 2. The predicted octanol–water partition coefficient (Wildman–Crippen LogP) is 1.55. The van der Waals surface area contributed by atoms with Crippen molar-refractivity contribution < 1.29 is 9.90 Å². The summed E-state index contributed by atoms with van der Waals surface area (Å²) in [7, 11) is 0. The highest BCUT2D eigenvalue weighted by molar-refractivity contribution is 7.13. The number of nitrogens with zero attached hydrogens (tertiary/aromatic N) is 2. The zero-order valence-electron chi connectivity index (χ0n) is 9.51. The summed E-state index contributed by atoms with van der Waals surface area (Å²) in [6, 6.07) is 3.80. The number of aromatic nitrogens is 2. The molecule has 0 saturated carbocycles. The number of carboxylic acids is 1. The lowest BCUT2D eigenvalue weighted by Crippen LogP contribution is -2.27. The Bertz CT molecular complexity index is 596. The van der Waals surface area contributed by atoms with E-state index in [4.69, 9.17) is 0 Å². The van der Waals surface area contributed by atoms with E-state index >= 15 is 0 Å².